The molecule has 2 aromatic rings. The summed E-state index contributed by atoms with van der Waals surface area (Å²) in [7, 11) is -3.74. The number of nitrogens with one attached hydrogen (secondary N) is 1. The third-order valence-electron chi connectivity index (χ3n) is 2.98. The van der Waals surface area contributed by atoms with Gasteiger partial charge in [0.1, 0.15) is 5.82 Å². The van der Waals surface area contributed by atoms with E-state index in [0.29, 0.717) is 11.1 Å². The molecule has 0 aliphatic heterocycles. The van der Waals surface area contributed by atoms with E-state index in [2.05, 4.69) is 16.6 Å². The minimum atomic E-state index is -3.74. The molecule has 2 rings (SSSR count). The number of carbonyl (C=O) groups is 1. The number of hydrogen-bond donors (Lipinski definition) is 1. The van der Waals surface area contributed by atoms with Crippen LogP contribution in [0.3, 0.4) is 0 Å². The van der Waals surface area contributed by atoms with Crippen molar-refractivity contribution in [2.45, 2.75) is 11.8 Å². The number of ketones is 1. The SMILES string of the molecule is CC(=O)c1cccc(S(=O)(=O)NCC#Cc2ccc(F)cc2)c1. The number of carbonyl (C=O) groups excluding carboxylic acids is 1. The van der Waals surface area contributed by atoms with Crippen molar-refractivity contribution in [3.63, 3.8) is 0 Å². The minimum absolute atomic E-state index is 0.00813. The summed E-state index contributed by atoms with van der Waals surface area (Å²) in [6.45, 7) is 1.28. The van der Waals surface area contributed by atoms with Gasteiger partial charge in [0.15, 0.2) is 5.78 Å². The minimum Gasteiger partial charge on any atom is -0.295 e. The zero-order valence-corrected chi connectivity index (χ0v) is 13.2. The molecule has 118 valence electrons. The monoisotopic (exact) mass is 331 g/mol. The second kappa shape index (κ2) is 7.18. The maximum absolute atomic E-state index is 12.7. The first-order valence-electron chi connectivity index (χ1n) is 6.73. The third kappa shape index (κ3) is 4.74. The summed E-state index contributed by atoms with van der Waals surface area (Å²) in [5.74, 6) is 4.81. The van der Waals surface area contributed by atoms with Gasteiger partial charge in [-0.3, -0.25) is 4.79 Å². The summed E-state index contributed by atoms with van der Waals surface area (Å²) in [6, 6.07) is 11.4. The Labute approximate surface area is 134 Å². The summed E-state index contributed by atoms with van der Waals surface area (Å²) in [5, 5.41) is 0. The second-order valence-electron chi connectivity index (χ2n) is 4.72. The van der Waals surface area contributed by atoms with E-state index in [0.717, 1.165) is 0 Å². The van der Waals surface area contributed by atoms with Crippen LogP contribution in [-0.4, -0.2) is 20.7 Å². The molecular weight excluding hydrogens is 317 g/mol. The van der Waals surface area contributed by atoms with Crippen molar-refractivity contribution in [2.24, 2.45) is 0 Å². The normalized spacial score (nSPS) is 10.7. The summed E-state index contributed by atoms with van der Waals surface area (Å²) in [5.41, 5.74) is 0.912. The lowest BCUT2D eigenvalue weighted by atomic mass is 10.2. The van der Waals surface area contributed by atoms with Gasteiger partial charge in [-0.05, 0) is 43.3 Å². The van der Waals surface area contributed by atoms with E-state index in [1.807, 2.05) is 0 Å². The van der Waals surface area contributed by atoms with Gasteiger partial charge in [-0.25, -0.2) is 12.8 Å². The third-order valence-corrected chi connectivity index (χ3v) is 4.38. The van der Waals surface area contributed by atoms with E-state index >= 15 is 0 Å². The van der Waals surface area contributed by atoms with Crippen LogP contribution < -0.4 is 4.72 Å². The Morgan fingerprint density at radius 2 is 1.87 bits per heavy atom. The zero-order chi connectivity index (χ0) is 16.9. The standard InChI is InChI=1S/C17H14FNO3S/c1-13(20)15-5-2-6-17(12-15)23(21,22)19-11-3-4-14-7-9-16(18)10-8-14/h2,5-10,12,19H,11H2,1H3. The average Bonchev–Trinajstić information content (AvgIpc) is 2.53. The van der Waals surface area contributed by atoms with Crippen molar-refractivity contribution < 1.29 is 17.6 Å². The maximum Gasteiger partial charge on any atom is 0.241 e. The molecule has 0 amide bonds. The molecule has 0 aliphatic rings. The summed E-state index contributed by atoms with van der Waals surface area (Å²) in [6.07, 6.45) is 0. The Bertz CT molecular complexity index is 878. The smallest absolute Gasteiger partial charge is 0.241 e. The first-order valence-corrected chi connectivity index (χ1v) is 8.22. The van der Waals surface area contributed by atoms with Crippen molar-refractivity contribution in [3.05, 3.63) is 65.5 Å². The van der Waals surface area contributed by atoms with E-state index in [1.165, 1.54) is 49.4 Å². The molecule has 0 fully saturated rings. The topological polar surface area (TPSA) is 63.2 Å². The molecule has 0 saturated heterocycles. The molecule has 0 radical (unpaired) electrons. The van der Waals surface area contributed by atoms with Gasteiger partial charge in [-0.1, -0.05) is 24.0 Å². The van der Waals surface area contributed by atoms with Crippen LogP contribution in [0.4, 0.5) is 4.39 Å². The van der Waals surface area contributed by atoms with Gasteiger partial charge in [0.2, 0.25) is 10.0 Å². The van der Waals surface area contributed by atoms with Crippen molar-refractivity contribution in [3.8, 4) is 11.8 Å². The fourth-order valence-corrected chi connectivity index (χ4v) is 2.74. The van der Waals surface area contributed by atoms with Gasteiger partial charge in [0.25, 0.3) is 0 Å². The zero-order valence-electron chi connectivity index (χ0n) is 12.3. The molecule has 0 atom stereocenters. The Morgan fingerprint density at radius 1 is 1.17 bits per heavy atom. The van der Waals surface area contributed by atoms with Gasteiger partial charge in [0, 0.05) is 11.1 Å². The second-order valence-corrected chi connectivity index (χ2v) is 6.48. The van der Waals surface area contributed by atoms with Gasteiger partial charge in [-0.15, -0.1) is 0 Å². The van der Waals surface area contributed by atoms with Crippen molar-refractivity contribution >= 4 is 15.8 Å². The molecule has 2 aromatic carbocycles. The highest BCUT2D eigenvalue weighted by atomic mass is 32.2. The largest absolute Gasteiger partial charge is 0.295 e. The molecule has 1 N–H and O–H groups in total. The molecule has 0 bridgehead atoms. The molecule has 0 unspecified atom stereocenters. The Kier molecular flexibility index (Phi) is 5.27. The van der Waals surface area contributed by atoms with Gasteiger partial charge >= 0.3 is 0 Å². The van der Waals surface area contributed by atoms with E-state index in [4.69, 9.17) is 0 Å². The van der Waals surface area contributed by atoms with Gasteiger partial charge in [-0.2, -0.15) is 4.72 Å². The Hall–Kier alpha value is -2.49. The Morgan fingerprint density at radius 3 is 2.52 bits per heavy atom. The Balaban J connectivity index is 2.06. The lowest BCUT2D eigenvalue weighted by Gasteiger charge is -2.05. The quantitative estimate of drug-likeness (QED) is 0.691. The molecule has 0 spiro atoms. The van der Waals surface area contributed by atoms with Gasteiger partial charge in [0.05, 0.1) is 11.4 Å². The number of benzene rings is 2. The molecule has 4 nitrogen and oxygen atoms in total. The summed E-state index contributed by atoms with van der Waals surface area (Å²) in [4.78, 5) is 11.3. The fourth-order valence-electron chi connectivity index (χ4n) is 1.78. The van der Waals surface area contributed by atoms with Crippen LogP contribution in [0.2, 0.25) is 0 Å². The first-order chi connectivity index (χ1) is 10.9. The average molecular weight is 331 g/mol. The summed E-state index contributed by atoms with van der Waals surface area (Å²) < 4.78 is 39.3. The summed E-state index contributed by atoms with van der Waals surface area (Å²) >= 11 is 0. The number of sulfonamides is 1. The molecule has 6 heteroatoms. The van der Waals surface area contributed by atoms with Gasteiger partial charge < -0.3 is 0 Å². The molecule has 0 saturated carbocycles. The molecule has 0 aliphatic carbocycles. The number of rotatable bonds is 4. The van der Waals surface area contributed by atoms with Crippen LogP contribution in [0.1, 0.15) is 22.8 Å². The molecular formula is C17H14FNO3S. The highest BCUT2D eigenvalue weighted by molar-refractivity contribution is 7.89. The van der Waals surface area contributed by atoms with Crippen LogP contribution in [-0.2, 0) is 10.0 Å². The first kappa shape index (κ1) is 16.9. The molecule has 0 aromatic heterocycles. The number of Topliss-reactive ketones (excluding diaryl/α,β-unsaturated/α-hetero) is 1. The van der Waals surface area contributed by atoms with Crippen molar-refractivity contribution in [2.75, 3.05) is 6.54 Å². The highest BCUT2D eigenvalue weighted by Gasteiger charge is 2.14. The van der Waals surface area contributed by atoms with E-state index < -0.39 is 10.0 Å². The van der Waals surface area contributed by atoms with Crippen LogP contribution in [0.5, 0.6) is 0 Å². The molecule has 0 heterocycles. The van der Waals surface area contributed by atoms with Crippen molar-refractivity contribution in [1.29, 1.82) is 0 Å². The lowest BCUT2D eigenvalue weighted by molar-refractivity contribution is 0.101. The predicted octanol–water partition coefficient (Wildman–Crippen LogP) is 2.36. The van der Waals surface area contributed by atoms with Crippen LogP contribution in [0, 0.1) is 17.7 Å². The lowest BCUT2D eigenvalue weighted by Crippen LogP contribution is -2.24. The highest BCUT2D eigenvalue weighted by Crippen LogP contribution is 2.11. The van der Waals surface area contributed by atoms with Crippen LogP contribution in [0.25, 0.3) is 0 Å². The van der Waals surface area contributed by atoms with Crippen molar-refractivity contribution in [1.82, 2.24) is 4.72 Å². The van der Waals surface area contributed by atoms with Crippen LogP contribution in [0.15, 0.2) is 53.4 Å². The number of halogens is 1. The van der Waals surface area contributed by atoms with E-state index in [1.54, 1.807) is 6.07 Å². The molecule has 23 heavy (non-hydrogen) atoms. The maximum atomic E-state index is 12.7. The van der Waals surface area contributed by atoms with E-state index in [-0.39, 0.29) is 23.0 Å². The van der Waals surface area contributed by atoms with E-state index in [9.17, 15) is 17.6 Å². The fraction of sp³-hybridized carbons (Fsp3) is 0.118. The number of hydrogen-bond acceptors (Lipinski definition) is 3. The predicted molar refractivity (Wildman–Crippen MR) is 84.9 cm³/mol. The van der Waals surface area contributed by atoms with Crippen LogP contribution >= 0.6 is 0 Å².